The maximum atomic E-state index is 11.8. The van der Waals surface area contributed by atoms with Crippen LogP contribution in [-0.2, 0) is 19.2 Å². The summed E-state index contributed by atoms with van der Waals surface area (Å²) in [5, 5.41) is 22.6. The van der Waals surface area contributed by atoms with E-state index in [0.717, 1.165) is 0 Å². The molecule has 0 aromatic carbocycles. The van der Waals surface area contributed by atoms with E-state index >= 15 is 0 Å². The number of carbonyl (C=O) groups excluding carboxylic acids is 2. The molecular weight excluding hydrogens is 306 g/mol. The molecular formula is C14H25N3O6. The lowest BCUT2D eigenvalue weighted by Gasteiger charge is -2.18. The Kier molecular flexibility index (Phi) is 8.86. The van der Waals surface area contributed by atoms with E-state index in [1.807, 2.05) is 13.8 Å². The van der Waals surface area contributed by atoms with Crippen LogP contribution in [0, 0.1) is 5.92 Å². The number of nitrogens with one attached hydrogen (secondary N) is 2. The minimum Gasteiger partial charge on any atom is -0.480 e. The first-order valence-corrected chi connectivity index (χ1v) is 7.35. The second kappa shape index (κ2) is 9.78. The van der Waals surface area contributed by atoms with Crippen molar-refractivity contribution in [2.45, 2.75) is 58.2 Å². The Labute approximate surface area is 134 Å². The van der Waals surface area contributed by atoms with Gasteiger partial charge in [-0.15, -0.1) is 0 Å². The third-order valence-electron chi connectivity index (χ3n) is 3.03. The van der Waals surface area contributed by atoms with Gasteiger partial charge in [0, 0.05) is 6.42 Å². The quantitative estimate of drug-likeness (QED) is 0.354. The van der Waals surface area contributed by atoms with Crippen LogP contribution in [0.5, 0.6) is 0 Å². The van der Waals surface area contributed by atoms with Crippen molar-refractivity contribution < 1.29 is 29.4 Å². The molecule has 132 valence electrons. The van der Waals surface area contributed by atoms with Crippen LogP contribution in [0.25, 0.3) is 0 Å². The molecule has 0 aromatic rings. The molecule has 0 aromatic heterocycles. The highest BCUT2D eigenvalue weighted by Gasteiger charge is 2.24. The van der Waals surface area contributed by atoms with Gasteiger partial charge in [0.15, 0.2) is 0 Å². The highest BCUT2D eigenvalue weighted by Crippen LogP contribution is 2.06. The van der Waals surface area contributed by atoms with Gasteiger partial charge in [-0.2, -0.15) is 0 Å². The fourth-order valence-corrected chi connectivity index (χ4v) is 1.80. The van der Waals surface area contributed by atoms with Gasteiger partial charge in [0.25, 0.3) is 0 Å². The van der Waals surface area contributed by atoms with E-state index in [-0.39, 0.29) is 25.2 Å². The van der Waals surface area contributed by atoms with E-state index in [2.05, 4.69) is 10.6 Å². The zero-order chi connectivity index (χ0) is 18.2. The molecule has 0 radical (unpaired) electrons. The zero-order valence-electron chi connectivity index (χ0n) is 13.5. The molecule has 0 saturated carbocycles. The van der Waals surface area contributed by atoms with E-state index in [1.165, 1.54) is 6.92 Å². The molecule has 0 unspecified atom stereocenters. The third kappa shape index (κ3) is 8.77. The van der Waals surface area contributed by atoms with Gasteiger partial charge in [-0.25, -0.2) is 9.59 Å². The summed E-state index contributed by atoms with van der Waals surface area (Å²) < 4.78 is 0. The summed E-state index contributed by atoms with van der Waals surface area (Å²) in [7, 11) is 0. The smallest absolute Gasteiger partial charge is 0.326 e. The maximum absolute atomic E-state index is 11.8. The van der Waals surface area contributed by atoms with Crippen molar-refractivity contribution in [2.24, 2.45) is 11.7 Å². The fraction of sp³-hybridized carbons (Fsp3) is 0.714. The van der Waals surface area contributed by atoms with Crippen molar-refractivity contribution in [3.05, 3.63) is 0 Å². The lowest BCUT2D eigenvalue weighted by Crippen LogP contribution is -2.48. The monoisotopic (exact) mass is 331 g/mol. The molecule has 0 fully saturated rings. The average Bonchev–Trinajstić information content (AvgIpc) is 2.41. The van der Waals surface area contributed by atoms with Crippen molar-refractivity contribution in [3.63, 3.8) is 0 Å². The molecule has 0 aliphatic carbocycles. The van der Waals surface area contributed by atoms with Gasteiger partial charge in [-0.1, -0.05) is 13.8 Å². The molecule has 9 heteroatoms. The Morgan fingerprint density at radius 1 is 0.957 bits per heavy atom. The Bertz CT molecular complexity index is 450. The molecule has 0 aliphatic heterocycles. The van der Waals surface area contributed by atoms with Crippen LogP contribution in [0.15, 0.2) is 0 Å². The third-order valence-corrected chi connectivity index (χ3v) is 3.03. The summed E-state index contributed by atoms with van der Waals surface area (Å²) in [5.41, 5.74) is 5.34. The van der Waals surface area contributed by atoms with Crippen molar-refractivity contribution in [3.8, 4) is 0 Å². The summed E-state index contributed by atoms with van der Waals surface area (Å²) >= 11 is 0. The van der Waals surface area contributed by atoms with Crippen molar-refractivity contribution in [2.75, 3.05) is 0 Å². The predicted molar refractivity (Wildman–Crippen MR) is 81.5 cm³/mol. The summed E-state index contributed by atoms with van der Waals surface area (Å²) in [6, 6.07) is -3.15. The fourth-order valence-electron chi connectivity index (χ4n) is 1.80. The van der Waals surface area contributed by atoms with E-state index in [1.54, 1.807) is 0 Å². The van der Waals surface area contributed by atoms with Crippen molar-refractivity contribution in [1.29, 1.82) is 0 Å². The number of carboxylic acids is 2. The van der Waals surface area contributed by atoms with Crippen LogP contribution in [0.3, 0.4) is 0 Å². The maximum Gasteiger partial charge on any atom is 0.326 e. The van der Waals surface area contributed by atoms with Crippen LogP contribution >= 0.6 is 0 Å². The molecule has 0 saturated heterocycles. The van der Waals surface area contributed by atoms with Gasteiger partial charge in [0.2, 0.25) is 11.8 Å². The summed E-state index contributed by atoms with van der Waals surface area (Å²) in [4.78, 5) is 45.3. The molecule has 0 bridgehead atoms. The van der Waals surface area contributed by atoms with Crippen LogP contribution in [0.1, 0.15) is 40.0 Å². The van der Waals surface area contributed by atoms with Crippen molar-refractivity contribution >= 4 is 23.8 Å². The van der Waals surface area contributed by atoms with Crippen LogP contribution in [0.4, 0.5) is 0 Å². The van der Waals surface area contributed by atoms with Gasteiger partial charge >= 0.3 is 11.9 Å². The molecule has 0 heterocycles. The first-order valence-electron chi connectivity index (χ1n) is 7.35. The standard InChI is InChI=1S/C14H25N3O6/c1-7(2)6-10(14(22)23)16-11(18)5-4-9(13(20)21)17-12(19)8(3)15/h7-10H,4-6,15H2,1-3H3,(H,16,18)(H,17,19)(H,20,21)(H,22,23)/t8-,9-,10-/m0/s1. The molecule has 2 amide bonds. The van der Waals surface area contributed by atoms with Gasteiger partial charge in [0.1, 0.15) is 12.1 Å². The van der Waals surface area contributed by atoms with Crippen LogP contribution in [0.2, 0.25) is 0 Å². The van der Waals surface area contributed by atoms with Crippen LogP contribution < -0.4 is 16.4 Å². The number of hydrogen-bond donors (Lipinski definition) is 5. The highest BCUT2D eigenvalue weighted by molar-refractivity contribution is 5.87. The van der Waals surface area contributed by atoms with E-state index < -0.39 is 41.9 Å². The number of rotatable bonds is 10. The lowest BCUT2D eigenvalue weighted by molar-refractivity contribution is -0.143. The van der Waals surface area contributed by atoms with E-state index in [9.17, 15) is 19.2 Å². The minimum absolute atomic E-state index is 0.0773. The number of amides is 2. The molecule has 0 spiro atoms. The number of nitrogens with two attached hydrogens (primary N) is 1. The molecule has 9 nitrogen and oxygen atoms in total. The SMILES string of the molecule is CC(C)C[C@H](NC(=O)CC[C@H](NC(=O)[C@H](C)N)C(=O)O)C(=O)O. The first kappa shape index (κ1) is 20.8. The van der Waals surface area contributed by atoms with Gasteiger partial charge in [-0.3, -0.25) is 9.59 Å². The molecule has 3 atom stereocenters. The lowest BCUT2D eigenvalue weighted by atomic mass is 10.0. The normalized spacial score (nSPS) is 14.7. The minimum atomic E-state index is -1.29. The predicted octanol–water partition coefficient (Wildman–Crippen LogP) is -0.701. The molecule has 0 rings (SSSR count). The average molecular weight is 331 g/mol. The van der Waals surface area contributed by atoms with Gasteiger partial charge in [-0.05, 0) is 25.7 Å². The second-order valence-electron chi connectivity index (χ2n) is 5.81. The highest BCUT2D eigenvalue weighted by atomic mass is 16.4. The van der Waals surface area contributed by atoms with Crippen molar-refractivity contribution in [1.82, 2.24) is 10.6 Å². The number of carbonyl (C=O) groups is 4. The van der Waals surface area contributed by atoms with Crippen LogP contribution in [-0.4, -0.2) is 52.1 Å². The summed E-state index contributed by atoms with van der Waals surface area (Å²) in [6.07, 6.45) is -0.115. The zero-order valence-corrected chi connectivity index (χ0v) is 13.5. The number of aliphatic carboxylic acids is 2. The Morgan fingerprint density at radius 2 is 1.48 bits per heavy atom. The second-order valence-corrected chi connectivity index (χ2v) is 5.81. The molecule has 23 heavy (non-hydrogen) atoms. The number of carboxylic acid groups (broad SMARTS) is 2. The first-order chi connectivity index (χ1) is 10.5. The summed E-state index contributed by atoms with van der Waals surface area (Å²) in [5.74, 6) is -3.58. The Morgan fingerprint density at radius 3 is 1.87 bits per heavy atom. The van der Waals surface area contributed by atoms with Gasteiger partial charge in [0.05, 0.1) is 6.04 Å². The Balaban J connectivity index is 4.54. The van der Waals surface area contributed by atoms with E-state index in [4.69, 9.17) is 15.9 Å². The molecule has 0 aliphatic rings. The Hall–Kier alpha value is -2.16. The molecule has 6 N–H and O–H groups in total. The number of hydrogen-bond acceptors (Lipinski definition) is 5. The van der Waals surface area contributed by atoms with Gasteiger partial charge < -0.3 is 26.6 Å². The largest absolute Gasteiger partial charge is 0.480 e. The topological polar surface area (TPSA) is 159 Å². The summed E-state index contributed by atoms with van der Waals surface area (Å²) in [6.45, 7) is 5.06. The van der Waals surface area contributed by atoms with E-state index in [0.29, 0.717) is 0 Å².